The summed E-state index contributed by atoms with van der Waals surface area (Å²) in [5.41, 5.74) is 1.02. The Morgan fingerprint density at radius 2 is 2.21 bits per heavy atom. The summed E-state index contributed by atoms with van der Waals surface area (Å²) < 4.78 is 11.0. The lowest BCUT2D eigenvalue weighted by Crippen LogP contribution is -2.30. The minimum absolute atomic E-state index is 0.0951. The first-order valence-corrected chi connectivity index (χ1v) is 6.68. The van der Waals surface area contributed by atoms with Gasteiger partial charge in [0, 0.05) is 25.6 Å². The Morgan fingerprint density at radius 1 is 1.37 bits per heavy atom. The lowest BCUT2D eigenvalue weighted by atomic mass is 10.1. The first-order valence-electron chi connectivity index (χ1n) is 6.30. The number of carbonyl (C=O) groups excluding carboxylic acids is 1. The van der Waals surface area contributed by atoms with E-state index < -0.39 is 0 Å². The van der Waals surface area contributed by atoms with Gasteiger partial charge in [0.15, 0.2) is 11.5 Å². The van der Waals surface area contributed by atoms with Gasteiger partial charge in [0.25, 0.3) is 0 Å². The second-order valence-electron chi connectivity index (χ2n) is 4.69. The highest BCUT2D eigenvalue weighted by Gasteiger charge is 2.21. The fourth-order valence-corrected chi connectivity index (χ4v) is 2.57. The molecule has 0 aliphatic carbocycles. The van der Waals surface area contributed by atoms with Gasteiger partial charge in [-0.05, 0) is 17.7 Å². The Hall–Kier alpha value is -1.46. The largest absolute Gasteiger partial charge is 0.486 e. The van der Waals surface area contributed by atoms with E-state index in [2.05, 4.69) is 10.6 Å². The van der Waals surface area contributed by atoms with Crippen molar-refractivity contribution in [2.75, 3.05) is 19.8 Å². The number of benzene rings is 1. The van der Waals surface area contributed by atoms with E-state index in [-0.39, 0.29) is 11.9 Å². The number of carbonyl (C=O) groups is 1. The second-order valence-corrected chi connectivity index (χ2v) is 5.10. The van der Waals surface area contributed by atoms with Crippen LogP contribution in [0, 0.1) is 0 Å². The molecule has 19 heavy (non-hydrogen) atoms. The van der Waals surface area contributed by atoms with Crippen LogP contribution in [0.2, 0.25) is 5.02 Å². The SMILES string of the molecule is O=C1CC(NCc2cc(Cl)c3c(c2)OCCO3)CN1. The molecule has 0 spiro atoms. The van der Waals surface area contributed by atoms with Gasteiger partial charge in [0.1, 0.15) is 13.2 Å². The molecule has 2 heterocycles. The van der Waals surface area contributed by atoms with Crippen LogP contribution in [0.3, 0.4) is 0 Å². The van der Waals surface area contributed by atoms with Gasteiger partial charge in [-0.2, -0.15) is 0 Å². The molecule has 6 heteroatoms. The molecule has 0 radical (unpaired) electrons. The van der Waals surface area contributed by atoms with Gasteiger partial charge in [0.05, 0.1) is 5.02 Å². The molecule has 3 rings (SSSR count). The number of ether oxygens (including phenoxy) is 2. The van der Waals surface area contributed by atoms with Crippen LogP contribution in [0.1, 0.15) is 12.0 Å². The van der Waals surface area contributed by atoms with E-state index in [9.17, 15) is 4.79 Å². The number of hydrogen-bond donors (Lipinski definition) is 2. The first-order chi connectivity index (χ1) is 9.22. The third-order valence-corrected chi connectivity index (χ3v) is 3.51. The van der Waals surface area contributed by atoms with Gasteiger partial charge in [-0.15, -0.1) is 0 Å². The lowest BCUT2D eigenvalue weighted by molar-refractivity contribution is -0.119. The number of rotatable bonds is 3. The van der Waals surface area contributed by atoms with Crippen molar-refractivity contribution in [1.82, 2.24) is 10.6 Å². The Bertz CT molecular complexity index is 507. The molecule has 1 amide bonds. The Labute approximate surface area is 116 Å². The van der Waals surface area contributed by atoms with Gasteiger partial charge in [0.2, 0.25) is 5.91 Å². The average molecular weight is 283 g/mol. The fraction of sp³-hybridized carbons (Fsp3) is 0.462. The maximum atomic E-state index is 11.1. The molecule has 0 bridgehead atoms. The Kier molecular flexibility index (Phi) is 3.48. The zero-order valence-corrected chi connectivity index (χ0v) is 11.1. The van der Waals surface area contributed by atoms with Gasteiger partial charge in [-0.1, -0.05) is 11.6 Å². The van der Waals surface area contributed by atoms with Crippen LogP contribution in [0.4, 0.5) is 0 Å². The minimum atomic E-state index is 0.0951. The Morgan fingerprint density at radius 3 is 3.00 bits per heavy atom. The summed E-state index contributed by atoms with van der Waals surface area (Å²) in [6.07, 6.45) is 0.526. The molecule has 2 N–H and O–H groups in total. The summed E-state index contributed by atoms with van der Waals surface area (Å²) >= 11 is 6.17. The molecule has 1 atom stereocenters. The monoisotopic (exact) mass is 282 g/mol. The van der Waals surface area contributed by atoms with Crippen LogP contribution in [0.25, 0.3) is 0 Å². The van der Waals surface area contributed by atoms with Gasteiger partial charge < -0.3 is 20.1 Å². The molecule has 1 aromatic carbocycles. The molecular formula is C13H15ClN2O3. The van der Waals surface area contributed by atoms with Gasteiger partial charge >= 0.3 is 0 Å². The van der Waals surface area contributed by atoms with Crippen LogP contribution in [0.15, 0.2) is 12.1 Å². The molecule has 5 nitrogen and oxygen atoms in total. The predicted octanol–water partition coefficient (Wildman–Crippen LogP) is 1.09. The number of amides is 1. The number of nitrogens with one attached hydrogen (secondary N) is 2. The van der Waals surface area contributed by atoms with E-state index in [1.54, 1.807) is 0 Å². The summed E-state index contributed by atoms with van der Waals surface area (Å²) in [7, 11) is 0. The van der Waals surface area contributed by atoms with Crippen molar-refractivity contribution in [2.24, 2.45) is 0 Å². The summed E-state index contributed by atoms with van der Waals surface area (Å²) in [6.45, 7) is 2.40. The standard InChI is InChI=1S/C13H15ClN2O3/c14-10-3-8(4-11-13(10)19-2-1-18-11)6-15-9-5-12(17)16-7-9/h3-4,9,15H,1-2,5-7H2,(H,16,17). The van der Waals surface area contributed by atoms with Crippen LogP contribution in [0.5, 0.6) is 11.5 Å². The summed E-state index contributed by atoms with van der Waals surface area (Å²) in [5, 5.41) is 6.68. The molecule has 2 aliphatic rings. The number of fused-ring (bicyclic) bond motifs is 1. The van der Waals surface area contributed by atoms with Crippen molar-refractivity contribution in [3.05, 3.63) is 22.7 Å². The van der Waals surface area contributed by atoms with Crippen molar-refractivity contribution in [2.45, 2.75) is 19.0 Å². The quantitative estimate of drug-likeness (QED) is 0.871. The molecular weight excluding hydrogens is 268 g/mol. The summed E-state index contributed by atoms with van der Waals surface area (Å²) in [6, 6.07) is 3.98. The molecule has 1 aromatic rings. The zero-order chi connectivity index (χ0) is 13.2. The lowest BCUT2D eigenvalue weighted by Gasteiger charge is -2.20. The number of halogens is 1. The maximum Gasteiger partial charge on any atom is 0.221 e. The number of hydrogen-bond acceptors (Lipinski definition) is 4. The van der Waals surface area contributed by atoms with Crippen LogP contribution >= 0.6 is 11.6 Å². The topological polar surface area (TPSA) is 59.6 Å². The molecule has 0 aromatic heterocycles. The molecule has 0 saturated carbocycles. The zero-order valence-electron chi connectivity index (χ0n) is 10.4. The fourth-order valence-electron chi connectivity index (χ4n) is 2.28. The van der Waals surface area contributed by atoms with Crippen LogP contribution in [-0.2, 0) is 11.3 Å². The highest BCUT2D eigenvalue weighted by molar-refractivity contribution is 6.32. The van der Waals surface area contributed by atoms with Crippen molar-refractivity contribution < 1.29 is 14.3 Å². The van der Waals surface area contributed by atoms with Crippen LogP contribution < -0.4 is 20.1 Å². The first kappa shape index (κ1) is 12.6. The average Bonchev–Trinajstić information content (AvgIpc) is 2.82. The van der Waals surface area contributed by atoms with Crippen LogP contribution in [-0.4, -0.2) is 31.7 Å². The van der Waals surface area contributed by atoms with E-state index in [1.165, 1.54) is 0 Å². The summed E-state index contributed by atoms with van der Waals surface area (Å²) in [5.74, 6) is 1.41. The highest BCUT2D eigenvalue weighted by Crippen LogP contribution is 2.38. The van der Waals surface area contributed by atoms with Gasteiger partial charge in [-0.3, -0.25) is 4.79 Å². The smallest absolute Gasteiger partial charge is 0.221 e. The molecule has 102 valence electrons. The third-order valence-electron chi connectivity index (χ3n) is 3.23. The van der Waals surface area contributed by atoms with Crippen molar-refractivity contribution in [1.29, 1.82) is 0 Å². The van der Waals surface area contributed by atoms with Crippen molar-refractivity contribution in [3.63, 3.8) is 0 Å². The molecule has 1 fully saturated rings. The van der Waals surface area contributed by atoms with E-state index in [4.69, 9.17) is 21.1 Å². The van der Waals surface area contributed by atoms with E-state index >= 15 is 0 Å². The van der Waals surface area contributed by atoms with E-state index in [0.29, 0.717) is 49.2 Å². The van der Waals surface area contributed by atoms with E-state index in [0.717, 1.165) is 5.56 Å². The van der Waals surface area contributed by atoms with Crippen molar-refractivity contribution in [3.8, 4) is 11.5 Å². The third kappa shape index (κ3) is 2.77. The summed E-state index contributed by atoms with van der Waals surface area (Å²) in [4.78, 5) is 11.1. The molecule has 2 aliphatic heterocycles. The Balaban J connectivity index is 1.68. The second kappa shape index (κ2) is 5.27. The maximum absolute atomic E-state index is 11.1. The molecule has 1 saturated heterocycles. The van der Waals surface area contributed by atoms with Crippen molar-refractivity contribution >= 4 is 17.5 Å². The minimum Gasteiger partial charge on any atom is -0.486 e. The predicted molar refractivity (Wildman–Crippen MR) is 70.7 cm³/mol. The van der Waals surface area contributed by atoms with Gasteiger partial charge in [-0.25, -0.2) is 0 Å². The van der Waals surface area contributed by atoms with E-state index in [1.807, 2.05) is 12.1 Å². The highest BCUT2D eigenvalue weighted by atomic mass is 35.5. The molecule has 1 unspecified atom stereocenters. The normalized spacial score (nSPS) is 21.3.